The maximum absolute atomic E-state index is 12.9. The van der Waals surface area contributed by atoms with E-state index in [1.54, 1.807) is 0 Å². The molecule has 0 bridgehead atoms. The van der Waals surface area contributed by atoms with Gasteiger partial charge in [-0.3, -0.25) is 14.4 Å². The van der Waals surface area contributed by atoms with Crippen LogP contribution in [-0.4, -0.2) is 37.2 Å². The van der Waals surface area contributed by atoms with Gasteiger partial charge < -0.3 is 14.2 Å². The Bertz CT molecular complexity index is 1610. The molecule has 0 aromatic heterocycles. The quantitative estimate of drug-likeness (QED) is 0.0261. The zero-order chi connectivity index (χ0) is 59.9. The van der Waals surface area contributed by atoms with Crippen molar-refractivity contribution in [3.63, 3.8) is 0 Å². The summed E-state index contributed by atoms with van der Waals surface area (Å²) in [5, 5.41) is 0. The van der Waals surface area contributed by atoms with Crippen molar-refractivity contribution in [2.24, 2.45) is 0 Å². The molecule has 0 rings (SSSR count). The summed E-state index contributed by atoms with van der Waals surface area (Å²) >= 11 is 0. The average molecular weight is 1160 g/mol. The summed E-state index contributed by atoms with van der Waals surface area (Å²) in [6, 6.07) is 0. The van der Waals surface area contributed by atoms with E-state index < -0.39 is 6.10 Å². The van der Waals surface area contributed by atoms with Gasteiger partial charge >= 0.3 is 17.9 Å². The van der Waals surface area contributed by atoms with E-state index in [4.69, 9.17) is 14.2 Å². The Labute approximate surface area is 515 Å². The van der Waals surface area contributed by atoms with Gasteiger partial charge in [0, 0.05) is 19.3 Å². The van der Waals surface area contributed by atoms with Crippen LogP contribution in [0.1, 0.15) is 355 Å². The Kier molecular flexibility index (Phi) is 67.7. The van der Waals surface area contributed by atoms with E-state index in [1.807, 2.05) is 0 Å². The molecular formula is C77H134O6. The van der Waals surface area contributed by atoms with Gasteiger partial charge in [0.15, 0.2) is 6.10 Å². The summed E-state index contributed by atoms with van der Waals surface area (Å²) in [6.07, 6.45) is 96.0. The molecular weight excluding hydrogens is 1020 g/mol. The lowest BCUT2D eigenvalue weighted by Gasteiger charge is -2.18. The van der Waals surface area contributed by atoms with E-state index in [1.165, 1.54) is 199 Å². The molecule has 1 unspecified atom stereocenters. The molecule has 0 fully saturated rings. The number of ether oxygens (including phenoxy) is 3. The van der Waals surface area contributed by atoms with Crippen molar-refractivity contribution in [1.29, 1.82) is 0 Å². The van der Waals surface area contributed by atoms with Crippen LogP contribution in [0.5, 0.6) is 0 Å². The van der Waals surface area contributed by atoms with Crippen LogP contribution in [-0.2, 0) is 28.6 Å². The van der Waals surface area contributed by atoms with Gasteiger partial charge in [0.05, 0.1) is 0 Å². The lowest BCUT2D eigenvalue weighted by atomic mass is 10.0. The predicted octanol–water partition coefficient (Wildman–Crippen LogP) is 24.8. The molecule has 83 heavy (non-hydrogen) atoms. The lowest BCUT2D eigenvalue weighted by molar-refractivity contribution is -0.167. The number of rotatable bonds is 65. The normalized spacial score (nSPS) is 12.7. The fraction of sp³-hybridized carbons (Fsp3) is 0.753. The van der Waals surface area contributed by atoms with Gasteiger partial charge in [0.25, 0.3) is 0 Å². The fourth-order valence-corrected chi connectivity index (χ4v) is 10.2. The largest absolute Gasteiger partial charge is 0.462 e. The van der Waals surface area contributed by atoms with Gasteiger partial charge in [-0.2, -0.15) is 0 Å². The summed E-state index contributed by atoms with van der Waals surface area (Å²) in [7, 11) is 0. The van der Waals surface area contributed by atoms with E-state index >= 15 is 0 Å². The van der Waals surface area contributed by atoms with Crippen LogP contribution in [0.25, 0.3) is 0 Å². The van der Waals surface area contributed by atoms with E-state index in [9.17, 15) is 14.4 Å². The molecule has 6 nitrogen and oxygen atoms in total. The van der Waals surface area contributed by atoms with E-state index in [0.29, 0.717) is 19.3 Å². The van der Waals surface area contributed by atoms with Crippen molar-refractivity contribution in [1.82, 2.24) is 0 Å². The first kappa shape index (κ1) is 79.3. The molecule has 0 saturated heterocycles. The van der Waals surface area contributed by atoms with Crippen molar-refractivity contribution in [3.8, 4) is 0 Å². The summed E-state index contributed by atoms with van der Waals surface area (Å²) in [6.45, 7) is 6.52. The second-order valence-corrected chi connectivity index (χ2v) is 23.8. The number of carbonyl (C=O) groups is 3. The number of esters is 3. The third kappa shape index (κ3) is 69.0. The molecule has 0 aliphatic carbocycles. The Morgan fingerprint density at radius 2 is 0.470 bits per heavy atom. The summed E-state index contributed by atoms with van der Waals surface area (Å²) in [5.74, 6) is -0.876. The van der Waals surface area contributed by atoms with Crippen LogP contribution in [0.15, 0.2) is 97.2 Å². The maximum Gasteiger partial charge on any atom is 0.306 e. The molecule has 0 amide bonds. The van der Waals surface area contributed by atoms with Crippen LogP contribution in [0.4, 0.5) is 0 Å². The van der Waals surface area contributed by atoms with Gasteiger partial charge in [-0.25, -0.2) is 0 Å². The molecule has 0 spiro atoms. The first-order chi connectivity index (χ1) is 41.0. The minimum atomic E-state index is -0.781. The predicted molar refractivity (Wildman–Crippen MR) is 362 cm³/mol. The van der Waals surface area contributed by atoms with Crippen LogP contribution in [0.2, 0.25) is 0 Å². The zero-order valence-corrected chi connectivity index (χ0v) is 54.9. The first-order valence-electron chi connectivity index (χ1n) is 35.7. The minimum Gasteiger partial charge on any atom is -0.462 e. The highest BCUT2D eigenvalue weighted by atomic mass is 16.6. The van der Waals surface area contributed by atoms with E-state index in [2.05, 4.69) is 118 Å². The molecule has 6 heteroatoms. The molecule has 0 heterocycles. The molecule has 478 valence electrons. The van der Waals surface area contributed by atoms with Crippen LogP contribution in [0.3, 0.4) is 0 Å². The van der Waals surface area contributed by atoms with Crippen LogP contribution < -0.4 is 0 Å². The van der Waals surface area contributed by atoms with Crippen molar-refractivity contribution in [2.45, 2.75) is 361 Å². The van der Waals surface area contributed by atoms with Gasteiger partial charge in [0.1, 0.15) is 13.2 Å². The maximum atomic E-state index is 12.9. The summed E-state index contributed by atoms with van der Waals surface area (Å²) in [5.41, 5.74) is 0. The molecule has 0 aromatic rings. The fourth-order valence-electron chi connectivity index (χ4n) is 10.2. The van der Waals surface area contributed by atoms with Crippen molar-refractivity contribution in [3.05, 3.63) is 97.2 Å². The zero-order valence-electron chi connectivity index (χ0n) is 54.9. The molecule has 1 atom stereocenters. The van der Waals surface area contributed by atoms with Crippen LogP contribution in [0, 0.1) is 0 Å². The lowest BCUT2D eigenvalue weighted by Crippen LogP contribution is -2.30. The first-order valence-corrected chi connectivity index (χ1v) is 35.7. The van der Waals surface area contributed by atoms with Crippen LogP contribution >= 0.6 is 0 Å². The van der Waals surface area contributed by atoms with E-state index in [-0.39, 0.29) is 31.1 Å². The highest BCUT2D eigenvalue weighted by Gasteiger charge is 2.19. The standard InChI is InChI=1S/C77H134O6/c1-4-7-10-13-16-19-21-23-25-27-29-31-32-33-34-35-36-37-38-39-40-41-42-43-44-46-47-49-51-53-55-58-61-64-67-70-76(79)82-73-74(72-81-75(78)69-66-63-60-57-18-15-12-9-6-3)83-77(80)71-68-65-62-59-56-54-52-50-48-45-30-28-26-24-22-20-17-14-11-8-5-2/h7,10,16,19,22-25,28-31,33-34,48,50,74H,4-6,8-9,11-15,17-18,20-21,26-27,32,35-47,49,51-73H2,1-3H3/b10-7-,19-16-,24-22-,25-23-,30-28-,31-29-,34-33-,50-48-. The van der Waals surface area contributed by atoms with Crippen molar-refractivity contribution < 1.29 is 28.6 Å². The van der Waals surface area contributed by atoms with E-state index in [0.717, 1.165) is 116 Å². The SMILES string of the molecule is CC/C=C\C/C=C\C/C=C\C/C=C\C/C=C\CCCCCCCCCCCCCCCCCCCCCC(=O)OCC(COC(=O)CCCCCCCCCCC)OC(=O)CCCCCCCC/C=C\C/C=C\C/C=C\CCCCCCC. The Morgan fingerprint density at radius 3 is 0.735 bits per heavy atom. The molecule has 0 aliphatic rings. The number of unbranched alkanes of at least 4 members (excludes halogenated alkanes) is 38. The van der Waals surface area contributed by atoms with Gasteiger partial charge in [-0.1, -0.05) is 330 Å². The number of carbonyl (C=O) groups excluding carboxylic acids is 3. The smallest absolute Gasteiger partial charge is 0.306 e. The number of allylic oxidation sites excluding steroid dienone is 16. The Balaban J connectivity index is 4.09. The highest BCUT2D eigenvalue weighted by molar-refractivity contribution is 5.71. The minimum absolute atomic E-state index is 0.0777. The molecule has 0 aromatic carbocycles. The van der Waals surface area contributed by atoms with Gasteiger partial charge in [-0.15, -0.1) is 0 Å². The van der Waals surface area contributed by atoms with Gasteiger partial charge in [0.2, 0.25) is 0 Å². The summed E-state index contributed by atoms with van der Waals surface area (Å²) in [4.78, 5) is 38.3. The average Bonchev–Trinajstić information content (AvgIpc) is 3.49. The molecule has 0 saturated carbocycles. The molecule has 0 radical (unpaired) electrons. The van der Waals surface area contributed by atoms with Gasteiger partial charge in [-0.05, 0) is 103 Å². The number of hydrogen-bond donors (Lipinski definition) is 0. The molecule has 0 N–H and O–H groups in total. The number of hydrogen-bond acceptors (Lipinski definition) is 6. The third-order valence-electron chi connectivity index (χ3n) is 15.6. The Hall–Kier alpha value is -3.67. The summed E-state index contributed by atoms with van der Waals surface area (Å²) < 4.78 is 16.9. The third-order valence-corrected chi connectivity index (χ3v) is 15.6. The second kappa shape index (κ2) is 70.8. The topological polar surface area (TPSA) is 78.9 Å². The Morgan fingerprint density at radius 1 is 0.253 bits per heavy atom. The monoisotopic (exact) mass is 1160 g/mol. The van der Waals surface area contributed by atoms with Crippen molar-refractivity contribution in [2.75, 3.05) is 13.2 Å². The second-order valence-electron chi connectivity index (χ2n) is 23.8. The van der Waals surface area contributed by atoms with Crippen molar-refractivity contribution >= 4 is 17.9 Å². The molecule has 0 aliphatic heterocycles. The highest BCUT2D eigenvalue weighted by Crippen LogP contribution is 2.17.